The highest BCUT2D eigenvalue weighted by Gasteiger charge is 2.09. The number of rotatable bonds is 3. The van der Waals surface area contributed by atoms with Gasteiger partial charge in [-0.3, -0.25) is 4.79 Å². The van der Waals surface area contributed by atoms with Crippen molar-refractivity contribution in [3.05, 3.63) is 76.4 Å². The molecule has 100 valence electrons. The molecule has 0 atom stereocenters. The van der Waals surface area contributed by atoms with Crippen LogP contribution in [0.2, 0.25) is 0 Å². The van der Waals surface area contributed by atoms with E-state index < -0.39 is 0 Å². The predicted molar refractivity (Wildman–Crippen MR) is 80.3 cm³/mol. The molecule has 0 aliphatic rings. The summed E-state index contributed by atoms with van der Waals surface area (Å²) in [6, 6.07) is 17.8. The van der Waals surface area contributed by atoms with Crippen LogP contribution in [0.15, 0.2) is 54.1 Å². The van der Waals surface area contributed by atoms with Gasteiger partial charge in [-0.25, -0.2) is 0 Å². The number of hydrogen-bond donors (Lipinski definition) is 0. The van der Waals surface area contributed by atoms with Crippen molar-refractivity contribution in [2.75, 3.05) is 0 Å². The fourth-order valence-electron chi connectivity index (χ4n) is 1.90. The minimum Gasteiger partial charge on any atom is -0.289 e. The highest BCUT2D eigenvalue weighted by Crippen LogP contribution is 2.14. The fraction of sp³-hybridized carbons (Fsp3) is 0.0556. The van der Waals surface area contributed by atoms with E-state index in [0.717, 1.165) is 5.56 Å². The minimum atomic E-state index is -0.0827. The number of nitrogens with zero attached hydrogens (tertiary/aromatic N) is 2. The number of carbonyl (C=O) groups excluding carboxylic acids is 1. The molecule has 0 amide bonds. The Morgan fingerprint density at radius 3 is 2.29 bits per heavy atom. The molecule has 0 saturated heterocycles. The van der Waals surface area contributed by atoms with E-state index in [1.54, 1.807) is 48.5 Å². The first-order valence-electron chi connectivity index (χ1n) is 6.37. The van der Waals surface area contributed by atoms with Crippen LogP contribution in [0.25, 0.3) is 6.08 Å². The summed E-state index contributed by atoms with van der Waals surface area (Å²) in [5, 5.41) is 17.5. The second kappa shape index (κ2) is 6.32. The SMILES string of the molecule is Cc1ccc(C(=O)c2cccc(C=C(C#N)C#N)c2)cc1. The largest absolute Gasteiger partial charge is 0.289 e. The van der Waals surface area contributed by atoms with Gasteiger partial charge in [0.1, 0.15) is 17.7 Å². The van der Waals surface area contributed by atoms with Crippen molar-refractivity contribution in [3.8, 4) is 12.1 Å². The van der Waals surface area contributed by atoms with Crippen LogP contribution in [-0.2, 0) is 0 Å². The monoisotopic (exact) mass is 272 g/mol. The average molecular weight is 272 g/mol. The lowest BCUT2D eigenvalue weighted by molar-refractivity contribution is 0.103. The highest BCUT2D eigenvalue weighted by atomic mass is 16.1. The Bertz CT molecular complexity index is 771. The van der Waals surface area contributed by atoms with Gasteiger partial charge in [-0.05, 0) is 24.6 Å². The van der Waals surface area contributed by atoms with E-state index in [1.165, 1.54) is 6.08 Å². The molecule has 2 aromatic carbocycles. The van der Waals surface area contributed by atoms with Gasteiger partial charge in [0.15, 0.2) is 5.78 Å². The summed E-state index contributed by atoms with van der Waals surface area (Å²) in [5.74, 6) is -0.0827. The number of nitriles is 2. The summed E-state index contributed by atoms with van der Waals surface area (Å²) in [5.41, 5.74) is 2.90. The standard InChI is InChI=1S/C18H12N2O/c1-13-5-7-16(8-6-13)18(21)17-4-2-3-14(10-17)9-15(11-19)12-20/h2-10H,1H3. The third-order valence-corrected chi connectivity index (χ3v) is 3.01. The number of allylic oxidation sites excluding steroid dienone is 1. The Kier molecular flexibility index (Phi) is 4.29. The maximum absolute atomic E-state index is 12.4. The molecule has 3 heteroatoms. The van der Waals surface area contributed by atoms with Crippen LogP contribution in [0, 0.1) is 29.6 Å². The second-order valence-electron chi connectivity index (χ2n) is 4.60. The molecular weight excluding hydrogens is 260 g/mol. The van der Waals surface area contributed by atoms with Crippen molar-refractivity contribution >= 4 is 11.9 Å². The number of ketones is 1. The van der Waals surface area contributed by atoms with Gasteiger partial charge in [0.25, 0.3) is 0 Å². The molecule has 0 fully saturated rings. The molecule has 0 radical (unpaired) electrons. The van der Waals surface area contributed by atoms with Crippen molar-refractivity contribution in [3.63, 3.8) is 0 Å². The number of aryl methyl sites for hydroxylation is 1. The van der Waals surface area contributed by atoms with E-state index in [4.69, 9.17) is 10.5 Å². The first-order valence-corrected chi connectivity index (χ1v) is 6.37. The van der Waals surface area contributed by atoms with Crippen LogP contribution in [-0.4, -0.2) is 5.78 Å². The van der Waals surface area contributed by atoms with E-state index in [1.807, 2.05) is 19.1 Å². The summed E-state index contributed by atoms with van der Waals surface area (Å²) < 4.78 is 0. The van der Waals surface area contributed by atoms with E-state index >= 15 is 0 Å². The minimum absolute atomic E-state index is 0.00920. The summed E-state index contributed by atoms with van der Waals surface area (Å²) in [6.45, 7) is 1.96. The summed E-state index contributed by atoms with van der Waals surface area (Å²) in [7, 11) is 0. The van der Waals surface area contributed by atoms with Crippen LogP contribution in [0.1, 0.15) is 27.0 Å². The third-order valence-electron chi connectivity index (χ3n) is 3.01. The molecule has 2 aromatic rings. The first-order chi connectivity index (χ1) is 10.1. The average Bonchev–Trinajstić information content (AvgIpc) is 2.53. The summed E-state index contributed by atoms with van der Waals surface area (Å²) in [6.07, 6.45) is 1.46. The molecule has 0 unspecified atom stereocenters. The molecule has 0 spiro atoms. The lowest BCUT2D eigenvalue weighted by Crippen LogP contribution is -2.01. The quantitative estimate of drug-likeness (QED) is 0.632. The van der Waals surface area contributed by atoms with Gasteiger partial charge in [0, 0.05) is 11.1 Å². The van der Waals surface area contributed by atoms with Gasteiger partial charge in [-0.2, -0.15) is 10.5 Å². The number of carbonyl (C=O) groups is 1. The maximum Gasteiger partial charge on any atom is 0.193 e. The first kappa shape index (κ1) is 14.2. The second-order valence-corrected chi connectivity index (χ2v) is 4.60. The zero-order chi connectivity index (χ0) is 15.2. The van der Waals surface area contributed by atoms with Crippen molar-refractivity contribution in [2.24, 2.45) is 0 Å². The van der Waals surface area contributed by atoms with Crippen LogP contribution < -0.4 is 0 Å². The molecule has 0 aliphatic carbocycles. The smallest absolute Gasteiger partial charge is 0.193 e. The molecule has 0 N–H and O–H groups in total. The van der Waals surface area contributed by atoms with Gasteiger partial charge in [0.05, 0.1) is 0 Å². The van der Waals surface area contributed by atoms with Gasteiger partial charge >= 0.3 is 0 Å². The molecule has 3 nitrogen and oxygen atoms in total. The third kappa shape index (κ3) is 3.43. The van der Waals surface area contributed by atoms with E-state index in [0.29, 0.717) is 16.7 Å². The summed E-state index contributed by atoms with van der Waals surface area (Å²) >= 11 is 0. The van der Waals surface area contributed by atoms with Crippen molar-refractivity contribution < 1.29 is 4.79 Å². The van der Waals surface area contributed by atoms with Crippen LogP contribution in [0.4, 0.5) is 0 Å². The predicted octanol–water partition coefficient (Wildman–Crippen LogP) is 3.66. The lowest BCUT2D eigenvalue weighted by Gasteiger charge is -2.03. The van der Waals surface area contributed by atoms with E-state index in [-0.39, 0.29) is 11.4 Å². The number of hydrogen-bond acceptors (Lipinski definition) is 3. The Hall–Kier alpha value is -3.17. The normalized spacial score (nSPS) is 9.29. The van der Waals surface area contributed by atoms with Crippen LogP contribution in [0.5, 0.6) is 0 Å². The Balaban J connectivity index is 2.36. The van der Waals surface area contributed by atoms with Crippen molar-refractivity contribution in [1.29, 1.82) is 10.5 Å². The molecule has 0 saturated carbocycles. The van der Waals surface area contributed by atoms with Gasteiger partial charge < -0.3 is 0 Å². The van der Waals surface area contributed by atoms with Gasteiger partial charge in [-0.1, -0.05) is 48.0 Å². The molecule has 0 bridgehead atoms. The van der Waals surface area contributed by atoms with Crippen LogP contribution in [0.3, 0.4) is 0 Å². The van der Waals surface area contributed by atoms with Crippen molar-refractivity contribution in [2.45, 2.75) is 6.92 Å². The molecule has 0 aromatic heterocycles. The van der Waals surface area contributed by atoms with Crippen LogP contribution >= 0.6 is 0 Å². The summed E-state index contributed by atoms with van der Waals surface area (Å²) in [4.78, 5) is 12.4. The molecule has 0 heterocycles. The Morgan fingerprint density at radius 1 is 1.00 bits per heavy atom. The topological polar surface area (TPSA) is 64.7 Å². The van der Waals surface area contributed by atoms with E-state index in [2.05, 4.69) is 0 Å². The van der Waals surface area contributed by atoms with Gasteiger partial charge in [0.2, 0.25) is 0 Å². The molecular formula is C18H12N2O. The molecule has 0 aliphatic heterocycles. The van der Waals surface area contributed by atoms with Gasteiger partial charge in [-0.15, -0.1) is 0 Å². The Labute approximate surface area is 123 Å². The zero-order valence-corrected chi connectivity index (χ0v) is 11.5. The Morgan fingerprint density at radius 2 is 1.67 bits per heavy atom. The lowest BCUT2D eigenvalue weighted by atomic mass is 10.00. The highest BCUT2D eigenvalue weighted by molar-refractivity contribution is 6.09. The zero-order valence-electron chi connectivity index (χ0n) is 11.5. The van der Waals surface area contributed by atoms with Crippen molar-refractivity contribution in [1.82, 2.24) is 0 Å². The molecule has 2 rings (SSSR count). The maximum atomic E-state index is 12.4. The van der Waals surface area contributed by atoms with E-state index in [9.17, 15) is 4.79 Å². The number of benzene rings is 2. The molecule has 21 heavy (non-hydrogen) atoms. The fourth-order valence-corrected chi connectivity index (χ4v) is 1.90.